The Morgan fingerprint density at radius 2 is 2.07 bits per heavy atom. The lowest BCUT2D eigenvalue weighted by atomic mass is 10.1. The van der Waals surface area contributed by atoms with Gasteiger partial charge in [0.2, 0.25) is 17.6 Å². The van der Waals surface area contributed by atoms with Crippen LogP contribution in [-0.4, -0.2) is 27.6 Å². The topological polar surface area (TPSA) is 68.5 Å². The van der Waals surface area contributed by atoms with Crippen LogP contribution in [0.15, 0.2) is 57.5 Å². The number of carbonyl (C=O) groups excluding carboxylic acids is 1. The predicted octanol–water partition coefficient (Wildman–Crippen LogP) is 5.15. The highest BCUT2D eigenvalue weighted by Crippen LogP contribution is 2.34. The van der Waals surface area contributed by atoms with Crippen LogP contribution in [0.3, 0.4) is 0 Å². The van der Waals surface area contributed by atoms with E-state index in [9.17, 15) is 4.79 Å². The van der Waals surface area contributed by atoms with E-state index in [1.807, 2.05) is 53.4 Å². The highest BCUT2D eigenvalue weighted by molar-refractivity contribution is 9.10. The summed E-state index contributed by atoms with van der Waals surface area (Å²) in [6, 6.07) is 15.4. The standard InChI is InChI=1S/C22H22BrN3O3/c1-2-12-28-18-8-6-16(7-9-18)21-24-22(29-25-21)19-10-11-20(27)26(19)14-15-4-3-5-17(23)13-15/h3-9,13,19H,2,10-12,14H2,1H3. The summed E-state index contributed by atoms with van der Waals surface area (Å²) in [5.74, 6) is 1.92. The van der Waals surface area contributed by atoms with Crippen LogP contribution in [-0.2, 0) is 11.3 Å². The lowest BCUT2D eigenvalue weighted by molar-refractivity contribution is -0.129. The molecule has 1 aromatic heterocycles. The molecule has 150 valence electrons. The molecule has 1 amide bonds. The van der Waals surface area contributed by atoms with Crippen LogP contribution in [0.25, 0.3) is 11.4 Å². The second-order valence-corrected chi connectivity index (χ2v) is 7.95. The molecule has 1 atom stereocenters. The average Bonchev–Trinajstić information content (AvgIpc) is 3.34. The van der Waals surface area contributed by atoms with Crippen molar-refractivity contribution in [3.63, 3.8) is 0 Å². The fourth-order valence-electron chi connectivity index (χ4n) is 3.43. The number of likely N-dealkylation sites (tertiary alicyclic amines) is 1. The largest absolute Gasteiger partial charge is 0.494 e. The van der Waals surface area contributed by atoms with Crippen LogP contribution in [0, 0.1) is 0 Å². The highest BCUT2D eigenvalue weighted by atomic mass is 79.9. The molecule has 0 aliphatic carbocycles. The lowest BCUT2D eigenvalue weighted by Gasteiger charge is -2.22. The number of carbonyl (C=O) groups is 1. The maximum absolute atomic E-state index is 12.5. The first-order valence-electron chi connectivity index (χ1n) is 9.75. The third-order valence-electron chi connectivity index (χ3n) is 4.88. The molecule has 2 heterocycles. The molecule has 1 aliphatic heterocycles. The third kappa shape index (κ3) is 4.50. The van der Waals surface area contributed by atoms with Gasteiger partial charge in [-0.05, 0) is 54.8 Å². The third-order valence-corrected chi connectivity index (χ3v) is 5.38. The Labute approximate surface area is 178 Å². The minimum Gasteiger partial charge on any atom is -0.494 e. The predicted molar refractivity (Wildman–Crippen MR) is 112 cm³/mol. The van der Waals surface area contributed by atoms with Gasteiger partial charge >= 0.3 is 0 Å². The summed E-state index contributed by atoms with van der Waals surface area (Å²) in [5, 5.41) is 4.13. The number of amides is 1. The van der Waals surface area contributed by atoms with Gasteiger partial charge in [-0.1, -0.05) is 40.1 Å². The SMILES string of the molecule is CCCOc1ccc(-c2noc(C3CCC(=O)N3Cc3cccc(Br)c3)n2)cc1. The Morgan fingerprint density at radius 1 is 1.24 bits per heavy atom. The second-order valence-electron chi connectivity index (χ2n) is 7.04. The van der Waals surface area contributed by atoms with Gasteiger partial charge in [-0.3, -0.25) is 4.79 Å². The molecule has 6 nitrogen and oxygen atoms in total. The molecule has 0 radical (unpaired) electrons. The van der Waals surface area contributed by atoms with E-state index in [-0.39, 0.29) is 11.9 Å². The van der Waals surface area contributed by atoms with Crippen molar-refractivity contribution in [2.75, 3.05) is 6.61 Å². The molecule has 1 unspecified atom stereocenters. The molecule has 0 spiro atoms. The zero-order chi connectivity index (χ0) is 20.2. The Kier molecular flexibility index (Phi) is 5.94. The van der Waals surface area contributed by atoms with Gasteiger partial charge in [0.1, 0.15) is 11.8 Å². The van der Waals surface area contributed by atoms with Crippen molar-refractivity contribution in [2.45, 2.75) is 38.8 Å². The van der Waals surface area contributed by atoms with Crippen molar-refractivity contribution in [1.29, 1.82) is 0 Å². The van der Waals surface area contributed by atoms with E-state index in [2.05, 4.69) is 33.0 Å². The van der Waals surface area contributed by atoms with Crippen LogP contribution in [0.5, 0.6) is 5.75 Å². The molecule has 0 N–H and O–H groups in total. The minimum atomic E-state index is -0.199. The second kappa shape index (κ2) is 8.78. The number of ether oxygens (including phenoxy) is 1. The maximum atomic E-state index is 12.5. The first-order chi connectivity index (χ1) is 14.1. The molecular formula is C22H22BrN3O3. The molecule has 4 rings (SSSR count). The van der Waals surface area contributed by atoms with Crippen LogP contribution in [0.4, 0.5) is 0 Å². The summed E-state index contributed by atoms with van der Waals surface area (Å²) < 4.78 is 12.1. The van der Waals surface area contributed by atoms with E-state index in [1.165, 1.54) is 0 Å². The van der Waals surface area contributed by atoms with Crippen molar-refractivity contribution < 1.29 is 14.1 Å². The van der Waals surface area contributed by atoms with E-state index in [0.29, 0.717) is 37.7 Å². The van der Waals surface area contributed by atoms with Gasteiger partial charge < -0.3 is 14.2 Å². The smallest absolute Gasteiger partial charge is 0.249 e. The van der Waals surface area contributed by atoms with E-state index in [1.54, 1.807) is 0 Å². The Hall–Kier alpha value is -2.67. The van der Waals surface area contributed by atoms with E-state index in [4.69, 9.17) is 9.26 Å². The Balaban J connectivity index is 1.51. The molecular weight excluding hydrogens is 434 g/mol. The summed E-state index contributed by atoms with van der Waals surface area (Å²) in [5.41, 5.74) is 1.91. The number of hydrogen-bond donors (Lipinski definition) is 0. The molecule has 3 aromatic rings. The Morgan fingerprint density at radius 3 is 2.83 bits per heavy atom. The summed E-state index contributed by atoms with van der Waals surface area (Å²) in [6.45, 7) is 3.28. The maximum Gasteiger partial charge on any atom is 0.249 e. The number of aromatic nitrogens is 2. The highest BCUT2D eigenvalue weighted by Gasteiger charge is 2.36. The van der Waals surface area contributed by atoms with Gasteiger partial charge in [-0.2, -0.15) is 4.98 Å². The lowest BCUT2D eigenvalue weighted by Crippen LogP contribution is -2.27. The zero-order valence-corrected chi connectivity index (χ0v) is 17.8. The Bertz CT molecular complexity index is 987. The average molecular weight is 456 g/mol. The van der Waals surface area contributed by atoms with Crippen LogP contribution in [0.2, 0.25) is 0 Å². The van der Waals surface area contributed by atoms with Crippen LogP contribution >= 0.6 is 15.9 Å². The monoisotopic (exact) mass is 455 g/mol. The molecule has 2 aromatic carbocycles. The number of rotatable bonds is 7. The van der Waals surface area contributed by atoms with Gasteiger partial charge in [0.15, 0.2) is 0 Å². The first-order valence-corrected chi connectivity index (χ1v) is 10.5. The van der Waals surface area contributed by atoms with Crippen molar-refractivity contribution in [2.24, 2.45) is 0 Å². The number of benzene rings is 2. The van der Waals surface area contributed by atoms with E-state index >= 15 is 0 Å². The molecule has 7 heteroatoms. The molecule has 29 heavy (non-hydrogen) atoms. The van der Waals surface area contributed by atoms with E-state index in [0.717, 1.165) is 27.8 Å². The van der Waals surface area contributed by atoms with Gasteiger partial charge in [0, 0.05) is 23.0 Å². The van der Waals surface area contributed by atoms with Gasteiger partial charge in [-0.25, -0.2) is 0 Å². The van der Waals surface area contributed by atoms with Crippen molar-refractivity contribution in [3.05, 3.63) is 64.5 Å². The summed E-state index contributed by atoms with van der Waals surface area (Å²) in [7, 11) is 0. The zero-order valence-electron chi connectivity index (χ0n) is 16.2. The van der Waals surface area contributed by atoms with Crippen molar-refractivity contribution >= 4 is 21.8 Å². The molecule has 1 aliphatic rings. The van der Waals surface area contributed by atoms with Gasteiger partial charge in [0.05, 0.1) is 6.61 Å². The van der Waals surface area contributed by atoms with Crippen LogP contribution in [0.1, 0.15) is 43.7 Å². The van der Waals surface area contributed by atoms with Crippen molar-refractivity contribution in [3.8, 4) is 17.1 Å². The molecule has 0 saturated carbocycles. The molecule has 1 fully saturated rings. The van der Waals surface area contributed by atoms with Gasteiger partial charge in [0.25, 0.3) is 0 Å². The van der Waals surface area contributed by atoms with Crippen molar-refractivity contribution in [1.82, 2.24) is 15.0 Å². The quantitative estimate of drug-likeness (QED) is 0.492. The fraction of sp³-hybridized carbons (Fsp3) is 0.318. The molecule has 1 saturated heterocycles. The number of nitrogens with zero attached hydrogens (tertiary/aromatic N) is 3. The fourth-order valence-corrected chi connectivity index (χ4v) is 3.88. The molecule has 0 bridgehead atoms. The minimum absolute atomic E-state index is 0.104. The number of hydrogen-bond acceptors (Lipinski definition) is 5. The van der Waals surface area contributed by atoms with Gasteiger partial charge in [-0.15, -0.1) is 0 Å². The summed E-state index contributed by atoms with van der Waals surface area (Å²) in [4.78, 5) is 18.9. The summed E-state index contributed by atoms with van der Waals surface area (Å²) in [6.07, 6.45) is 2.13. The number of halogens is 1. The normalized spacial score (nSPS) is 16.4. The van der Waals surface area contributed by atoms with Crippen LogP contribution < -0.4 is 4.74 Å². The van der Waals surface area contributed by atoms with E-state index < -0.39 is 0 Å². The summed E-state index contributed by atoms with van der Waals surface area (Å²) >= 11 is 3.48. The first kappa shape index (κ1) is 19.6.